The van der Waals surface area contributed by atoms with Crippen LogP contribution >= 0.6 is 0 Å². The van der Waals surface area contributed by atoms with Crippen LogP contribution in [0.5, 0.6) is 0 Å². The fourth-order valence-electron chi connectivity index (χ4n) is 12.6. The molecule has 6 N–H and O–H groups in total. The zero-order chi connectivity index (χ0) is 68.5. The van der Waals surface area contributed by atoms with Gasteiger partial charge in [-0.1, -0.05) is 380 Å². The SMILES string of the molecule is CC/C=C\C/C=C\C/C=C\C/C=C\C/C=C\C/C=C\CCCCCCCCCCCCCCCCCCCCCCC(=O)NC(COC1OC(CO)C(O)C(O)C1O)C(O)/C=C/CC/C=C/CC/C=C/CCCCCCCCCCCCCCCCCCCCCCCCC. The standard InChI is InChI=1S/C86H153NO8/c1-3-5-7-9-11-13-15-17-19-21-23-25-27-29-31-33-35-37-38-39-40-41-42-44-46-48-50-52-54-56-58-60-62-64-66-68-70-72-74-76-82(90)87-79(78-94-86-85(93)84(92)83(91)81(77-88)95-86)80(89)75-73-71-69-67-65-63-61-59-57-55-53-51-49-47-45-43-36-34-32-30-28-26-24-22-20-18-16-14-12-10-8-6-4-2/h5,7,11,13,17,19,23,25,29,31,35,37,57,59,65,67,73,75,79-81,83-86,88-89,91-93H,3-4,6,8-10,12,14-16,18,20-22,24,26-28,30,32-34,36,38-56,58,60-64,66,68-72,74,76-78H2,1-2H3,(H,87,90)/b7-5-,13-11-,19-17-,25-23-,31-29-,37-35-,59-57+,67-65+,75-73+. The van der Waals surface area contributed by atoms with Crippen LogP contribution in [0.4, 0.5) is 0 Å². The minimum atomic E-state index is -1.58. The van der Waals surface area contributed by atoms with E-state index in [1.807, 2.05) is 6.08 Å². The second kappa shape index (κ2) is 73.6. The Morgan fingerprint density at radius 1 is 0.368 bits per heavy atom. The first-order valence-electron chi connectivity index (χ1n) is 40.6. The lowest BCUT2D eigenvalue weighted by Crippen LogP contribution is -2.60. The largest absolute Gasteiger partial charge is 0.394 e. The fraction of sp³-hybridized carbons (Fsp3) is 0.779. The Kier molecular flexibility index (Phi) is 69.6. The van der Waals surface area contributed by atoms with E-state index in [2.05, 4.69) is 116 Å². The molecule has 1 amide bonds. The highest BCUT2D eigenvalue weighted by Gasteiger charge is 2.44. The summed E-state index contributed by atoms with van der Waals surface area (Å²) < 4.78 is 11.3. The molecule has 9 nitrogen and oxygen atoms in total. The van der Waals surface area contributed by atoms with E-state index in [4.69, 9.17) is 9.47 Å². The monoisotopic (exact) mass is 1330 g/mol. The number of aliphatic hydroxyl groups is 5. The third-order valence-electron chi connectivity index (χ3n) is 18.8. The number of nitrogens with one attached hydrogen (secondary N) is 1. The Balaban J connectivity index is 2.09. The average molecular weight is 1330 g/mol. The first-order chi connectivity index (χ1) is 46.8. The van der Waals surface area contributed by atoms with Gasteiger partial charge in [-0.05, 0) is 96.3 Å². The minimum absolute atomic E-state index is 0.187. The van der Waals surface area contributed by atoms with Gasteiger partial charge in [0.25, 0.3) is 0 Å². The van der Waals surface area contributed by atoms with Crippen LogP contribution in [0, 0.1) is 0 Å². The summed E-state index contributed by atoms with van der Waals surface area (Å²) >= 11 is 0. The van der Waals surface area contributed by atoms with Crippen molar-refractivity contribution in [2.24, 2.45) is 0 Å². The lowest BCUT2D eigenvalue weighted by molar-refractivity contribution is -0.302. The molecule has 0 bridgehead atoms. The summed E-state index contributed by atoms with van der Waals surface area (Å²) in [7, 11) is 0. The summed E-state index contributed by atoms with van der Waals surface area (Å²) in [6.07, 6.45) is 102. The van der Waals surface area contributed by atoms with Crippen molar-refractivity contribution in [2.45, 2.75) is 416 Å². The molecule has 7 unspecified atom stereocenters. The van der Waals surface area contributed by atoms with Crippen LogP contribution in [0.15, 0.2) is 109 Å². The van der Waals surface area contributed by atoms with Crippen molar-refractivity contribution in [3.05, 3.63) is 109 Å². The molecule has 7 atom stereocenters. The average Bonchev–Trinajstić information content (AvgIpc) is 0.836. The maximum absolute atomic E-state index is 13.2. The quantitative estimate of drug-likeness (QED) is 0.0261. The molecule has 9 heteroatoms. The first kappa shape index (κ1) is 89.9. The summed E-state index contributed by atoms with van der Waals surface area (Å²) in [5, 5.41) is 54.9. The van der Waals surface area contributed by atoms with Gasteiger partial charge < -0.3 is 40.3 Å². The van der Waals surface area contributed by atoms with Crippen LogP contribution in [0.2, 0.25) is 0 Å². The van der Waals surface area contributed by atoms with E-state index in [1.54, 1.807) is 6.08 Å². The van der Waals surface area contributed by atoms with Crippen molar-refractivity contribution in [1.29, 1.82) is 0 Å². The molecule has 0 saturated carbocycles. The Bertz CT molecular complexity index is 1880. The van der Waals surface area contributed by atoms with Crippen molar-refractivity contribution in [3.63, 3.8) is 0 Å². The van der Waals surface area contributed by atoms with Crippen molar-refractivity contribution in [2.75, 3.05) is 13.2 Å². The molecule has 0 aliphatic carbocycles. The Morgan fingerprint density at radius 2 is 0.663 bits per heavy atom. The lowest BCUT2D eigenvalue weighted by Gasteiger charge is -2.40. The van der Waals surface area contributed by atoms with E-state index in [-0.39, 0.29) is 12.5 Å². The Morgan fingerprint density at radius 3 is 1.01 bits per heavy atom. The third kappa shape index (κ3) is 61.7. The molecule has 550 valence electrons. The fourth-order valence-corrected chi connectivity index (χ4v) is 12.6. The number of hydrogen-bond donors (Lipinski definition) is 6. The van der Waals surface area contributed by atoms with Gasteiger partial charge in [-0.2, -0.15) is 0 Å². The molecule has 1 saturated heterocycles. The summed E-state index contributed by atoms with van der Waals surface area (Å²) in [5.74, 6) is -0.187. The molecule has 0 radical (unpaired) electrons. The molecule has 0 spiro atoms. The van der Waals surface area contributed by atoms with Crippen molar-refractivity contribution in [3.8, 4) is 0 Å². The molecular weight excluding hydrogens is 1170 g/mol. The van der Waals surface area contributed by atoms with E-state index < -0.39 is 49.5 Å². The predicted molar refractivity (Wildman–Crippen MR) is 410 cm³/mol. The number of carbonyl (C=O) groups is 1. The van der Waals surface area contributed by atoms with Crippen molar-refractivity contribution < 1.29 is 39.8 Å². The van der Waals surface area contributed by atoms with Gasteiger partial charge in [-0.25, -0.2) is 0 Å². The number of hydrogen-bond acceptors (Lipinski definition) is 8. The summed E-state index contributed by atoms with van der Waals surface area (Å²) in [5.41, 5.74) is 0. The zero-order valence-electron chi connectivity index (χ0n) is 61.9. The number of amides is 1. The van der Waals surface area contributed by atoms with E-state index >= 15 is 0 Å². The third-order valence-corrected chi connectivity index (χ3v) is 18.8. The molecule has 0 aromatic rings. The van der Waals surface area contributed by atoms with Crippen LogP contribution in [0.1, 0.15) is 373 Å². The van der Waals surface area contributed by atoms with E-state index in [9.17, 15) is 30.3 Å². The highest BCUT2D eigenvalue weighted by molar-refractivity contribution is 5.76. The van der Waals surface area contributed by atoms with Crippen LogP contribution in [-0.4, -0.2) is 87.5 Å². The molecule has 1 rings (SSSR count). The molecule has 0 aromatic carbocycles. The van der Waals surface area contributed by atoms with Gasteiger partial charge in [0.15, 0.2) is 6.29 Å². The summed E-state index contributed by atoms with van der Waals surface area (Å²) in [4.78, 5) is 13.2. The van der Waals surface area contributed by atoms with Crippen molar-refractivity contribution >= 4 is 5.91 Å². The van der Waals surface area contributed by atoms with Gasteiger partial charge in [0.1, 0.15) is 24.4 Å². The minimum Gasteiger partial charge on any atom is -0.394 e. The van der Waals surface area contributed by atoms with Crippen LogP contribution in [0.25, 0.3) is 0 Å². The van der Waals surface area contributed by atoms with Gasteiger partial charge in [-0.3, -0.25) is 4.79 Å². The number of carbonyl (C=O) groups excluding carboxylic acids is 1. The van der Waals surface area contributed by atoms with Gasteiger partial charge in [0.2, 0.25) is 5.91 Å². The first-order valence-corrected chi connectivity index (χ1v) is 40.6. The van der Waals surface area contributed by atoms with Crippen molar-refractivity contribution in [1.82, 2.24) is 5.32 Å². The highest BCUT2D eigenvalue weighted by atomic mass is 16.7. The zero-order valence-corrected chi connectivity index (χ0v) is 61.9. The van der Waals surface area contributed by atoms with Gasteiger partial charge in [0.05, 0.1) is 25.4 Å². The smallest absolute Gasteiger partial charge is 0.220 e. The van der Waals surface area contributed by atoms with Crippen LogP contribution in [-0.2, 0) is 14.3 Å². The molecule has 95 heavy (non-hydrogen) atoms. The van der Waals surface area contributed by atoms with Gasteiger partial charge >= 0.3 is 0 Å². The van der Waals surface area contributed by atoms with Crippen LogP contribution in [0.3, 0.4) is 0 Å². The van der Waals surface area contributed by atoms with Gasteiger partial charge in [0, 0.05) is 6.42 Å². The molecule has 0 aromatic heterocycles. The maximum Gasteiger partial charge on any atom is 0.220 e. The molecule has 1 fully saturated rings. The Labute approximate surface area is 586 Å². The number of allylic oxidation sites excluding steroid dienone is 17. The molecule has 1 aliphatic heterocycles. The van der Waals surface area contributed by atoms with E-state index in [0.717, 1.165) is 83.5 Å². The van der Waals surface area contributed by atoms with E-state index in [0.29, 0.717) is 6.42 Å². The molecular formula is C86H153NO8. The summed E-state index contributed by atoms with van der Waals surface area (Å²) in [6, 6.07) is -0.835. The number of ether oxygens (including phenoxy) is 2. The second-order valence-corrected chi connectivity index (χ2v) is 27.8. The lowest BCUT2D eigenvalue weighted by atomic mass is 9.99. The van der Waals surface area contributed by atoms with Gasteiger partial charge in [-0.15, -0.1) is 0 Å². The number of unbranched alkanes of at least 4 members (excludes halogenated alkanes) is 45. The second-order valence-electron chi connectivity index (χ2n) is 27.8. The predicted octanol–water partition coefficient (Wildman–Crippen LogP) is 23.5. The highest BCUT2D eigenvalue weighted by Crippen LogP contribution is 2.24. The molecule has 1 aliphatic rings. The van der Waals surface area contributed by atoms with E-state index in [1.165, 1.54) is 270 Å². The topological polar surface area (TPSA) is 149 Å². The summed E-state index contributed by atoms with van der Waals surface area (Å²) in [6.45, 7) is 3.69. The van der Waals surface area contributed by atoms with Crippen LogP contribution < -0.4 is 5.32 Å². The number of aliphatic hydroxyl groups excluding tert-OH is 5. The normalized spacial score (nSPS) is 18.1. The Hall–Kier alpha value is -3.15. The number of rotatable bonds is 71. The molecule has 1 heterocycles. The maximum atomic E-state index is 13.2.